The normalized spacial score (nSPS) is 10.9. The van der Waals surface area contributed by atoms with Crippen molar-refractivity contribution >= 4 is 51.6 Å². The maximum Gasteiger partial charge on any atom is 0.242 e. The van der Waals surface area contributed by atoms with Gasteiger partial charge >= 0.3 is 0 Å². The lowest BCUT2D eigenvalue weighted by atomic mass is 10.1. The van der Waals surface area contributed by atoms with Crippen LogP contribution in [0.2, 0.25) is 0 Å². The molecule has 0 aliphatic rings. The van der Waals surface area contributed by atoms with Gasteiger partial charge in [0.15, 0.2) is 22.1 Å². The molecule has 0 aromatic heterocycles. The molecule has 0 fully saturated rings. The zero-order chi connectivity index (χ0) is 56.1. The minimum atomic E-state index is -2.78. The molecule has 14 nitrogen and oxygen atoms in total. The van der Waals surface area contributed by atoms with E-state index in [-0.39, 0.29) is 17.2 Å². The summed E-state index contributed by atoms with van der Waals surface area (Å²) >= 11 is 0. The van der Waals surface area contributed by atoms with Crippen LogP contribution in [0, 0.1) is 0 Å². The molecule has 21 heteroatoms. The van der Waals surface area contributed by atoms with Gasteiger partial charge in [-0.05, 0) is 36.6 Å². The van der Waals surface area contributed by atoms with Crippen LogP contribution in [-0.2, 0) is 51.9 Å². The second-order valence-corrected chi connectivity index (χ2v) is 35.3. The van der Waals surface area contributed by atoms with Gasteiger partial charge in [-0.25, -0.2) is 0 Å². The summed E-state index contributed by atoms with van der Waals surface area (Å²) < 4.78 is 113. The molecule has 0 saturated heterocycles. The first-order chi connectivity index (χ1) is 31.9. The Morgan fingerprint density at radius 1 is 0.329 bits per heavy atom. The fourth-order valence-corrected chi connectivity index (χ4v) is 7.03. The summed E-state index contributed by atoms with van der Waals surface area (Å²) in [7, 11) is -14.3. The van der Waals surface area contributed by atoms with Crippen LogP contribution in [0.15, 0.2) is 109 Å². The Bertz CT molecular complexity index is 2070. The van der Waals surface area contributed by atoms with Crippen LogP contribution < -0.4 is 18.1 Å². The average Bonchev–Trinajstić information content (AvgIpc) is 3.22. The van der Waals surface area contributed by atoms with Crippen molar-refractivity contribution in [2.45, 2.75) is 54.9 Å². The van der Waals surface area contributed by atoms with Crippen LogP contribution in [-0.4, -0.2) is 114 Å². The highest BCUT2D eigenvalue weighted by atomic mass is 31.2. The smallest absolute Gasteiger partial charge is 0.242 e. The SMILES string of the molecule is CC.CC.CC.CCOP(C)(C)=O.COP(C)(C)=O.COP(C)(C)=O.CP(C)(=O)Oc1cc(OP(C)(C)=O)cc(OP(C)(C)=O)c1.CP(C)(=O)Oc1ccccc1.c1ccc(Cc2ccccc2)cc1. The molecule has 0 N–H and O–H groups in total. The monoisotopic (exact) mass is 1120 g/mol. The van der Waals surface area contributed by atoms with Gasteiger partial charge in [-0.2, -0.15) is 0 Å². The summed E-state index contributed by atoms with van der Waals surface area (Å²) in [5.41, 5.74) is 2.74. The number of hydrogen-bond donors (Lipinski definition) is 0. The van der Waals surface area contributed by atoms with Gasteiger partial charge < -0.3 is 31.7 Å². The maximum absolute atomic E-state index is 11.8. The van der Waals surface area contributed by atoms with E-state index in [0.717, 1.165) is 6.42 Å². The third-order valence-electron chi connectivity index (χ3n) is 6.31. The van der Waals surface area contributed by atoms with Crippen molar-refractivity contribution in [2.24, 2.45) is 0 Å². The summed E-state index contributed by atoms with van der Waals surface area (Å²) in [6, 6.07) is 34.7. The highest BCUT2D eigenvalue weighted by Crippen LogP contribution is 2.48. The molecule has 0 aliphatic heterocycles. The summed E-state index contributed by atoms with van der Waals surface area (Å²) in [4.78, 5) is 0. The predicted octanol–water partition coefficient (Wildman–Crippen LogP) is 17.3. The first kappa shape index (κ1) is 76.5. The zero-order valence-electron chi connectivity index (χ0n) is 46.7. The van der Waals surface area contributed by atoms with Gasteiger partial charge in [0.25, 0.3) is 0 Å². The number of benzene rings is 4. The maximum atomic E-state index is 11.8. The number of hydrogen-bond acceptors (Lipinski definition) is 14. The fraction of sp³-hybridized carbons (Fsp3) is 0.510. The molecule has 0 bridgehead atoms. The quantitative estimate of drug-likeness (QED) is 0.109. The number of rotatable bonds is 14. The van der Waals surface area contributed by atoms with E-state index in [1.165, 1.54) is 83.5 Å². The van der Waals surface area contributed by atoms with Gasteiger partial charge in [0, 0.05) is 126 Å². The largest absolute Gasteiger partial charge is 0.443 e. The zero-order valence-corrected chi connectivity index (χ0v) is 52.9. The minimum absolute atomic E-state index is 0.248. The molecule has 70 heavy (non-hydrogen) atoms. The summed E-state index contributed by atoms with van der Waals surface area (Å²) in [5.74, 6) is 1.41. The van der Waals surface area contributed by atoms with Gasteiger partial charge in [0.1, 0.15) is 23.0 Å². The van der Waals surface area contributed by atoms with Crippen LogP contribution in [0.5, 0.6) is 23.0 Å². The number of para-hydroxylation sites is 1. The standard InChI is InChI=1S/C13H12.C12H21O6P3.C8H11O2P.C4H11O2P.2C3H9O2P.3C2H6/c1-3-7-12(8-4-1)11-13-9-5-2-6-10-13;1-19(2,13)16-10-7-11(17-20(3,4)14)9-12(8-10)18-21(5,6)15;1-11(2,9)10-8-6-4-3-5-7-8;1-4-6-7(2,3)5;2*1-5-6(2,3)4;3*1-2/h1-10H,11H2;7-9H,1-6H3;3-7H,1-2H3;4H2,1-3H3;2*1-3H3;3*1-2H3. The molecule has 4 aromatic carbocycles. The first-order valence-corrected chi connectivity index (χ1v) is 40.3. The van der Waals surface area contributed by atoms with Crippen LogP contribution in [0.1, 0.15) is 59.6 Å². The van der Waals surface area contributed by atoms with E-state index in [1.54, 1.807) is 65.5 Å². The van der Waals surface area contributed by atoms with E-state index in [4.69, 9.17) is 22.6 Å². The van der Waals surface area contributed by atoms with Crippen LogP contribution in [0.25, 0.3) is 0 Å². The predicted molar refractivity (Wildman–Crippen MR) is 307 cm³/mol. The van der Waals surface area contributed by atoms with Crippen molar-refractivity contribution in [3.63, 3.8) is 0 Å². The van der Waals surface area contributed by atoms with Crippen LogP contribution in [0.3, 0.4) is 0 Å². The molecule has 4 aromatic rings. The van der Waals surface area contributed by atoms with E-state index < -0.39 is 51.6 Å². The molecule has 0 heterocycles. The van der Waals surface area contributed by atoms with Gasteiger partial charge in [-0.3, -0.25) is 32.0 Å². The highest BCUT2D eigenvalue weighted by molar-refractivity contribution is 7.59. The van der Waals surface area contributed by atoms with Gasteiger partial charge in [-0.15, -0.1) is 0 Å². The third-order valence-corrected chi connectivity index (χ3v) is 11.6. The summed E-state index contributed by atoms with van der Waals surface area (Å²) in [6.45, 7) is 35.9. The molecular formula is C49H91O14P7. The molecule has 4 rings (SSSR count). The summed E-state index contributed by atoms with van der Waals surface area (Å²) in [5, 5.41) is 0. The topological polar surface area (TPSA) is 184 Å². The van der Waals surface area contributed by atoms with Crippen molar-refractivity contribution in [1.82, 2.24) is 0 Å². The van der Waals surface area contributed by atoms with Crippen molar-refractivity contribution in [1.29, 1.82) is 0 Å². The Labute approximate surface area is 425 Å². The Balaban J connectivity index is -0.000000251. The van der Waals surface area contributed by atoms with Crippen LogP contribution in [0.4, 0.5) is 0 Å². The third kappa shape index (κ3) is 59.9. The van der Waals surface area contributed by atoms with Crippen molar-refractivity contribution < 1.29 is 63.6 Å². The van der Waals surface area contributed by atoms with Gasteiger partial charge in [-0.1, -0.05) is 120 Å². The molecule has 0 amide bonds. The molecular weight excluding hydrogens is 1030 g/mol. The Kier molecular flexibility index (Phi) is 43.7. The van der Waals surface area contributed by atoms with Crippen molar-refractivity contribution in [3.05, 3.63) is 120 Å². The van der Waals surface area contributed by atoms with E-state index >= 15 is 0 Å². The summed E-state index contributed by atoms with van der Waals surface area (Å²) in [6.07, 6.45) is 1.03. The minimum Gasteiger partial charge on any atom is -0.443 e. The Morgan fingerprint density at radius 2 is 0.543 bits per heavy atom. The Hall–Kier alpha value is -2.43. The molecule has 0 saturated carbocycles. The highest BCUT2D eigenvalue weighted by Gasteiger charge is 2.17. The molecule has 0 radical (unpaired) electrons. The molecule has 0 atom stereocenters. The lowest BCUT2D eigenvalue weighted by Crippen LogP contribution is -1.95. The molecule has 406 valence electrons. The fourth-order valence-electron chi connectivity index (χ4n) is 3.94. The molecule has 0 aliphatic carbocycles. The van der Waals surface area contributed by atoms with E-state index in [0.29, 0.717) is 12.4 Å². The first-order valence-electron chi connectivity index (χ1n) is 22.6. The van der Waals surface area contributed by atoms with E-state index in [9.17, 15) is 32.0 Å². The van der Waals surface area contributed by atoms with Crippen LogP contribution >= 0.6 is 51.6 Å². The lowest BCUT2D eigenvalue weighted by Gasteiger charge is -2.17. The second-order valence-electron chi connectivity index (χ2n) is 16.0. The van der Waals surface area contributed by atoms with Crippen molar-refractivity contribution in [3.8, 4) is 23.0 Å². The Morgan fingerprint density at radius 3 is 0.714 bits per heavy atom. The van der Waals surface area contributed by atoms with E-state index in [2.05, 4.69) is 69.7 Å². The lowest BCUT2D eigenvalue weighted by molar-refractivity contribution is 0.341. The molecule has 0 unspecified atom stereocenters. The second kappa shape index (κ2) is 40.0. The molecule has 0 spiro atoms. The van der Waals surface area contributed by atoms with Crippen molar-refractivity contribution in [2.75, 3.05) is 114 Å². The van der Waals surface area contributed by atoms with Gasteiger partial charge in [0.2, 0.25) is 29.5 Å². The van der Waals surface area contributed by atoms with E-state index in [1.807, 2.05) is 66.7 Å². The average molecular weight is 1120 g/mol. The van der Waals surface area contributed by atoms with Gasteiger partial charge in [0.05, 0.1) is 6.61 Å².